The molecule has 0 bridgehead atoms. The van der Waals surface area contributed by atoms with Gasteiger partial charge in [-0.15, -0.1) is 0 Å². The van der Waals surface area contributed by atoms with Crippen LogP contribution in [0.15, 0.2) is 65.3 Å². The summed E-state index contributed by atoms with van der Waals surface area (Å²) in [5.41, 5.74) is 4.37. The second kappa shape index (κ2) is 5.53. The fourth-order valence-electron chi connectivity index (χ4n) is 3.00. The van der Waals surface area contributed by atoms with E-state index in [1.807, 2.05) is 12.3 Å². The minimum Gasteiger partial charge on any atom is -0.464 e. The first-order chi connectivity index (χ1) is 10.1. The molecule has 1 aromatic heterocycles. The van der Waals surface area contributed by atoms with E-state index in [1.165, 1.54) is 16.5 Å². The monoisotopic (exact) mass is 294 g/mol. The zero-order valence-corrected chi connectivity index (χ0v) is 14.0. The van der Waals surface area contributed by atoms with Crippen molar-refractivity contribution in [3.05, 3.63) is 72.0 Å². The second-order valence-corrected chi connectivity index (χ2v) is 12.2. The van der Waals surface area contributed by atoms with E-state index in [9.17, 15) is 0 Å². The highest BCUT2D eigenvalue weighted by Crippen LogP contribution is 2.36. The molecular formula is C19H22OSi. The summed E-state index contributed by atoms with van der Waals surface area (Å²) in [6.07, 6.45) is 3.08. The molecule has 0 aliphatic rings. The second-order valence-electron chi connectivity index (χ2n) is 6.80. The fourth-order valence-corrected chi connectivity index (χ4v) is 5.01. The van der Waals surface area contributed by atoms with Crippen molar-refractivity contribution in [2.24, 2.45) is 0 Å². The van der Waals surface area contributed by atoms with E-state index < -0.39 is 8.07 Å². The Balaban J connectivity index is 2.04. The van der Waals surface area contributed by atoms with Gasteiger partial charge in [-0.2, -0.15) is 0 Å². The van der Waals surface area contributed by atoms with E-state index >= 15 is 0 Å². The average molecular weight is 294 g/mol. The molecule has 0 fully saturated rings. The molecule has 3 rings (SSSR count). The molecule has 0 radical (unpaired) electrons. The summed E-state index contributed by atoms with van der Waals surface area (Å²) in [5.74, 6) is 0. The largest absolute Gasteiger partial charge is 0.464 e. The van der Waals surface area contributed by atoms with E-state index in [1.54, 1.807) is 0 Å². The Morgan fingerprint density at radius 3 is 2.29 bits per heavy atom. The predicted molar refractivity (Wildman–Crippen MR) is 92.4 cm³/mol. The highest BCUT2D eigenvalue weighted by atomic mass is 28.3. The van der Waals surface area contributed by atoms with Crippen LogP contribution >= 0.6 is 0 Å². The number of furan rings is 1. The first-order valence-corrected chi connectivity index (χ1v) is 11.1. The summed E-state index contributed by atoms with van der Waals surface area (Å²) < 4.78 is 5.79. The third kappa shape index (κ3) is 2.95. The molecule has 1 heterocycles. The highest BCUT2D eigenvalue weighted by Gasteiger charge is 2.30. The highest BCUT2D eigenvalue weighted by molar-refractivity contribution is 6.77. The number of hydrogen-bond donors (Lipinski definition) is 0. The van der Waals surface area contributed by atoms with Crippen molar-refractivity contribution in [3.8, 4) is 0 Å². The third-order valence-corrected chi connectivity index (χ3v) is 6.82. The van der Waals surface area contributed by atoms with Crippen LogP contribution in [0.3, 0.4) is 0 Å². The molecule has 2 heteroatoms. The lowest BCUT2D eigenvalue weighted by Gasteiger charge is -2.28. The van der Waals surface area contributed by atoms with Gasteiger partial charge in [0.1, 0.15) is 5.58 Å². The summed E-state index contributed by atoms with van der Waals surface area (Å²) in [4.78, 5) is 0. The Kier molecular flexibility index (Phi) is 3.73. The Morgan fingerprint density at radius 1 is 0.905 bits per heavy atom. The van der Waals surface area contributed by atoms with E-state index in [4.69, 9.17) is 4.42 Å². The standard InChI is InChI=1S/C19H22OSi/c1-21(2,3)19(13-15-9-5-4-6-10-15)17-14-20-18-12-8-7-11-16(17)18/h4-12,14,19H,13H2,1-3H3. The number of para-hydroxylation sites is 1. The van der Waals surface area contributed by atoms with Gasteiger partial charge in [0.25, 0.3) is 0 Å². The van der Waals surface area contributed by atoms with Crippen LogP contribution < -0.4 is 0 Å². The van der Waals surface area contributed by atoms with E-state index in [2.05, 4.69) is 68.2 Å². The summed E-state index contributed by atoms with van der Waals surface area (Å²) in [6.45, 7) is 7.34. The van der Waals surface area contributed by atoms with Crippen LogP contribution in [0.4, 0.5) is 0 Å². The third-order valence-electron chi connectivity index (χ3n) is 4.21. The van der Waals surface area contributed by atoms with Crippen LogP contribution in [0.5, 0.6) is 0 Å². The van der Waals surface area contributed by atoms with Crippen molar-refractivity contribution in [1.29, 1.82) is 0 Å². The summed E-state index contributed by atoms with van der Waals surface area (Å²) >= 11 is 0. The van der Waals surface area contributed by atoms with Crippen molar-refractivity contribution in [2.75, 3.05) is 0 Å². The molecule has 3 aromatic rings. The van der Waals surface area contributed by atoms with Crippen LogP contribution in [-0.4, -0.2) is 8.07 Å². The van der Waals surface area contributed by atoms with Gasteiger partial charge in [0, 0.05) is 5.39 Å². The molecule has 0 amide bonds. The topological polar surface area (TPSA) is 13.1 Å². The molecule has 0 N–H and O–H groups in total. The van der Waals surface area contributed by atoms with Crippen molar-refractivity contribution in [1.82, 2.24) is 0 Å². The Hall–Kier alpha value is -1.80. The molecule has 1 nitrogen and oxygen atoms in total. The van der Waals surface area contributed by atoms with Crippen LogP contribution in [0.25, 0.3) is 11.0 Å². The number of benzene rings is 2. The molecule has 0 aliphatic heterocycles. The quantitative estimate of drug-likeness (QED) is 0.568. The zero-order valence-electron chi connectivity index (χ0n) is 13.0. The summed E-state index contributed by atoms with van der Waals surface area (Å²) in [7, 11) is -1.35. The molecule has 0 spiro atoms. The molecule has 0 saturated carbocycles. The number of hydrogen-bond acceptors (Lipinski definition) is 1. The van der Waals surface area contributed by atoms with Gasteiger partial charge in [0.15, 0.2) is 0 Å². The van der Waals surface area contributed by atoms with Crippen molar-refractivity contribution in [2.45, 2.75) is 31.6 Å². The van der Waals surface area contributed by atoms with Gasteiger partial charge in [-0.1, -0.05) is 68.2 Å². The maximum Gasteiger partial charge on any atom is 0.134 e. The van der Waals surface area contributed by atoms with Gasteiger partial charge < -0.3 is 4.42 Å². The lowest BCUT2D eigenvalue weighted by Crippen LogP contribution is -2.32. The zero-order chi connectivity index (χ0) is 14.9. The Labute approximate surface area is 127 Å². The molecule has 21 heavy (non-hydrogen) atoms. The van der Waals surface area contributed by atoms with Crippen LogP contribution in [0.2, 0.25) is 19.6 Å². The van der Waals surface area contributed by atoms with Crippen LogP contribution in [0.1, 0.15) is 16.7 Å². The Morgan fingerprint density at radius 2 is 1.57 bits per heavy atom. The Bertz CT molecular complexity index is 722. The summed E-state index contributed by atoms with van der Waals surface area (Å²) in [6, 6.07) is 19.2. The number of rotatable bonds is 4. The van der Waals surface area contributed by atoms with Crippen molar-refractivity contribution < 1.29 is 4.42 Å². The molecule has 1 atom stereocenters. The number of fused-ring (bicyclic) bond motifs is 1. The van der Waals surface area contributed by atoms with E-state index in [-0.39, 0.29) is 0 Å². The summed E-state index contributed by atoms with van der Waals surface area (Å²) in [5, 5.41) is 1.28. The van der Waals surface area contributed by atoms with Gasteiger partial charge in [-0.25, -0.2) is 0 Å². The minimum atomic E-state index is -1.35. The first kappa shape index (κ1) is 14.1. The first-order valence-electron chi connectivity index (χ1n) is 7.56. The molecule has 0 saturated heterocycles. The predicted octanol–water partition coefficient (Wildman–Crippen LogP) is 5.64. The average Bonchev–Trinajstić information content (AvgIpc) is 2.88. The molecule has 0 aliphatic carbocycles. The van der Waals surface area contributed by atoms with Gasteiger partial charge >= 0.3 is 0 Å². The van der Waals surface area contributed by atoms with E-state index in [0.717, 1.165) is 12.0 Å². The molecule has 2 aromatic carbocycles. The fraction of sp³-hybridized carbons (Fsp3) is 0.263. The van der Waals surface area contributed by atoms with E-state index in [0.29, 0.717) is 5.54 Å². The minimum absolute atomic E-state index is 0.573. The van der Waals surface area contributed by atoms with Gasteiger partial charge in [0.05, 0.1) is 14.3 Å². The van der Waals surface area contributed by atoms with Crippen molar-refractivity contribution in [3.63, 3.8) is 0 Å². The smallest absolute Gasteiger partial charge is 0.134 e. The molecule has 1 unspecified atom stereocenters. The van der Waals surface area contributed by atoms with Crippen LogP contribution in [0, 0.1) is 0 Å². The van der Waals surface area contributed by atoms with Gasteiger partial charge in [-0.05, 0) is 29.2 Å². The maximum absolute atomic E-state index is 5.79. The molecule has 108 valence electrons. The molecular weight excluding hydrogens is 272 g/mol. The SMILES string of the molecule is C[Si](C)(C)C(Cc1ccccc1)c1coc2ccccc12. The van der Waals surface area contributed by atoms with Gasteiger partial charge in [-0.3, -0.25) is 0 Å². The lowest BCUT2D eigenvalue weighted by atomic mass is 10.0. The normalized spacial score (nSPS) is 13.5. The maximum atomic E-state index is 5.79. The van der Waals surface area contributed by atoms with Crippen molar-refractivity contribution >= 4 is 19.0 Å². The van der Waals surface area contributed by atoms with Gasteiger partial charge in [0.2, 0.25) is 0 Å². The lowest BCUT2D eigenvalue weighted by molar-refractivity contribution is 0.608. The van der Waals surface area contributed by atoms with Crippen LogP contribution in [-0.2, 0) is 6.42 Å².